The molecule has 2 heterocycles. The minimum absolute atomic E-state index is 0.0850. The normalized spacial score (nSPS) is 10.6. The van der Waals surface area contributed by atoms with Crippen molar-refractivity contribution in [1.29, 1.82) is 0 Å². The molecular formula is C11H13N3O2. The number of hydrogen-bond donors (Lipinski definition) is 1. The van der Waals surface area contributed by atoms with Crippen molar-refractivity contribution in [3.63, 3.8) is 0 Å². The maximum Gasteiger partial charge on any atom is 0.253 e. The van der Waals surface area contributed by atoms with Crippen LogP contribution in [0.3, 0.4) is 0 Å². The first-order chi connectivity index (χ1) is 7.69. The first-order valence-electron chi connectivity index (χ1n) is 5.00. The van der Waals surface area contributed by atoms with Gasteiger partial charge in [0.1, 0.15) is 11.5 Å². The van der Waals surface area contributed by atoms with Gasteiger partial charge in [-0.2, -0.15) is 0 Å². The van der Waals surface area contributed by atoms with Crippen molar-refractivity contribution >= 4 is 0 Å². The Kier molecular flexibility index (Phi) is 2.87. The van der Waals surface area contributed by atoms with Crippen LogP contribution < -0.4 is 11.3 Å². The van der Waals surface area contributed by atoms with E-state index in [4.69, 9.17) is 10.2 Å². The number of rotatable bonds is 3. The highest BCUT2D eigenvalue weighted by molar-refractivity contribution is 5.08. The van der Waals surface area contributed by atoms with Crippen LogP contribution in [0.2, 0.25) is 0 Å². The number of aryl methyl sites for hydroxylation is 1. The molecule has 84 valence electrons. The average Bonchev–Trinajstić information content (AvgIpc) is 2.70. The van der Waals surface area contributed by atoms with Crippen LogP contribution in [0, 0.1) is 6.92 Å². The summed E-state index contributed by atoms with van der Waals surface area (Å²) in [6.45, 7) is 2.53. The van der Waals surface area contributed by atoms with E-state index in [-0.39, 0.29) is 5.56 Å². The summed E-state index contributed by atoms with van der Waals surface area (Å²) in [6.07, 6.45) is 1.52. The molecule has 5 nitrogen and oxygen atoms in total. The third-order valence-corrected chi connectivity index (χ3v) is 2.26. The summed E-state index contributed by atoms with van der Waals surface area (Å²) in [4.78, 5) is 15.6. The van der Waals surface area contributed by atoms with E-state index in [1.165, 1.54) is 17.0 Å². The fraction of sp³-hybridized carbons (Fsp3) is 0.273. The Labute approximate surface area is 92.5 Å². The summed E-state index contributed by atoms with van der Waals surface area (Å²) >= 11 is 0. The van der Waals surface area contributed by atoms with Gasteiger partial charge >= 0.3 is 0 Å². The van der Waals surface area contributed by atoms with Gasteiger partial charge in [-0.25, -0.2) is 4.98 Å². The molecule has 0 saturated carbocycles. The molecule has 2 rings (SSSR count). The predicted octanol–water partition coefficient (Wildman–Crippen LogP) is 0.652. The van der Waals surface area contributed by atoms with Gasteiger partial charge < -0.3 is 10.2 Å². The van der Waals surface area contributed by atoms with Crippen molar-refractivity contribution in [2.24, 2.45) is 5.73 Å². The molecule has 0 saturated heterocycles. The van der Waals surface area contributed by atoms with E-state index < -0.39 is 0 Å². The molecule has 2 aromatic heterocycles. The van der Waals surface area contributed by atoms with Crippen molar-refractivity contribution in [3.05, 3.63) is 52.1 Å². The third kappa shape index (κ3) is 2.20. The highest BCUT2D eigenvalue weighted by Gasteiger charge is 2.03. The minimum atomic E-state index is -0.0850. The lowest BCUT2D eigenvalue weighted by atomic mass is 10.4. The Morgan fingerprint density at radius 2 is 2.19 bits per heavy atom. The molecule has 0 aromatic carbocycles. The maximum absolute atomic E-state index is 11.6. The van der Waals surface area contributed by atoms with Crippen molar-refractivity contribution in [2.45, 2.75) is 20.0 Å². The van der Waals surface area contributed by atoms with E-state index in [1.807, 2.05) is 12.1 Å². The van der Waals surface area contributed by atoms with E-state index in [2.05, 4.69) is 4.98 Å². The van der Waals surface area contributed by atoms with Gasteiger partial charge in [0.15, 0.2) is 0 Å². The quantitative estimate of drug-likeness (QED) is 0.822. The Balaban J connectivity index is 2.23. The molecule has 0 aliphatic rings. The van der Waals surface area contributed by atoms with E-state index >= 15 is 0 Å². The molecule has 5 heteroatoms. The maximum atomic E-state index is 11.6. The zero-order valence-electron chi connectivity index (χ0n) is 9.01. The largest absolute Gasteiger partial charge is 0.463 e. The Hall–Kier alpha value is -1.88. The second-order valence-electron chi connectivity index (χ2n) is 3.57. The molecule has 0 amide bonds. The monoisotopic (exact) mass is 219 g/mol. The van der Waals surface area contributed by atoms with Gasteiger partial charge in [-0.1, -0.05) is 0 Å². The van der Waals surface area contributed by atoms with E-state index in [9.17, 15) is 4.79 Å². The average molecular weight is 219 g/mol. The van der Waals surface area contributed by atoms with Crippen molar-refractivity contribution in [1.82, 2.24) is 9.55 Å². The topological polar surface area (TPSA) is 74.0 Å². The van der Waals surface area contributed by atoms with Crippen LogP contribution >= 0.6 is 0 Å². The zero-order valence-corrected chi connectivity index (χ0v) is 9.01. The van der Waals surface area contributed by atoms with Gasteiger partial charge in [0.2, 0.25) is 0 Å². The van der Waals surface area contributed by atoms with Crippen molar-refractivity contribution in [3.8, 4) is 0 Å². The number of hydrogen-bond acceptors (Lipinski definition) is 4. The van der Waals surface area contributed by atoms with Crippen molar-refractivity contribution in [2.75, 3.05) is 0 Å². The van der Waals surface area contributed by atoms with Crippen LogP contribution in [0.1, 0.15) is 17.2 Å². The summed E-state index contributed by atoms with van der Waals surface area (Å²) < 4.78 is 6.90. The molecule has 2 N–H and O–H groups in total. The highest BCUT2D eigenvalue weighted by Crippen LogP contribution is 2.07. The Morgan fingerprint density at radius 3 is 2.81 bits per heavy atom. The molecule has 0 aliphatic carbocycles. The molecule has 0 atom stereocenters. The van der Waals surface area contributed by atoms with Crippen LogP contribution in [0.4, 0.5) is 0 Å². The summed E-state index contributed by atoms with van der Waals surface area (Å²) in [5.74, 6) is 1.41. The van der Waals surface area contributed by atoms with E-state index in [0.29, 0.717) is 30.3 Å². The molecule has 0 spiro atoms. The molecule has 2 aromatic rings. The Morgan fingerprint density at radius 1 is 1.44 bits per heavy atom. The lowest BCUT2D eigenvalue weighted by Gasteiger charge is -2.02. The van der Waals surface area contributed by atoms with Gasteiger partial charge in [-0.3, -0.25) is 9.36 Å². The standard InChI is InChI=1S/C11H13N3O2/c1-8-4-11(15)14(7-13-8)6-10-3-2-9(5-12)16-10/h2-4,7H,5-6,12H2,1H3. The minimum Gasteiger partial charge on any atom is -0.463 e. The van der Waals surface area contributed by atoms with Crippen LogP contribution in [0.5, 0.6) is 0 Å². The fourth-order valence-electron chi connectivity index (χ4n) is 1.42. The molecule has 0 radical (unpaired) electrons. The number of aromatic nitrogens is 2. The lowest BCUT2D eigenvalue weighted by Crippen LogP contribution is -2.20. The number of furan rings is 1. The van der Waals surface area contributed by atoms with Gasteiger partial charge in [0.25, 0.3) is 5.56 Å². The smallest absolute Gasteiger partial charge is 0.253 e. The van der Waals surface area contributed by atoms with Crippen LogP contribution in [-0.2, 0) is 13.1 Å². The molecule has 0 aliphatic heterocycles. The highest BCUT2D eigenvalue weighted by atomic mass is 16.3. The van der Waals surface area contributed by atoms with Crippen molar-refractivity contribution < 1.29 is 4.42 Å². The first-order valence-corrected chi connectivity index (χ1v) is 5.00. The first kappa shape index (κ1) is 10.6. The zero-order chi connectivity index (χ0) is 11.5. The van der Waals surface area contributed by atoms with Crippen LogP contribution in [0.25, 0.3) is 0 Å². The number of nitrogens with two attached hydrogens (primary N) is 1. The van der Waals surface area contributed by atoms with E-state index in [0.717, 1.165) is 0 Å². The molecular weight excluding hydrogens is 206 g/mol. The summed E-state index contributed by atoms with van der Waals surface area (Å²) in [5, 5.41) is 0. The SMILES string of the molecule is Cc1cc(=O)n(Cc2ccc(CN)o2)cn1. The van der Waals surface area contributed by atoms with E-state index in [1.54, 1.807) is 6.92 Å². The molecule has 0 unspecified atom stereocenters. The van der Waals surface area contributed by atoms with Gasteiger partial charge in [0.05, 0.1) is 19.4 Å². The molecule has 0 fully saturated rings. The van der Waals surface area contributed by atoms with Gasteiger partial charge in [-0.05, 0) is 19.1 Å². The molecule has 0 bridgehead atoms. The van der Waals surface area contributed by atoms with Gasteiger partial charge in [0, 0.05) is 11.8 Å². The summed E-state index contributed by atoms with van der Waals surface area (Å²) in [6, 6.07) is 5.11. The lowest BCUT2D eigenvalue weighted by molar-refractivity contribution is 0.451. The van der Waals surface area contributed by atoms with Crippen LogP contribution in [-0.4, -0.2) is 9.55 Å². The second-order valence-corrected chi connectivity index (χ2v) is 3.57. The Bertz CT molecular complexity index is 542. The second kappa shape index (κ2) is 4.32. The molecule has 16 heavy (non-hydrogen) atoms. The fourth-order valence-corrected chi connectivity index (χ4v) is 1.42. The van der Waals surface area contributed by atoms with Crippen LogP contribution in [0.15, 0.2) is 33.7 Å². The van der Waals surface area contributed by atoms with Gasteiger partial charge in [-0.15, -0.1) is 0 Å². The predicted molar refractivity (Wildman–Crippen MR) is 58.9 cm³/mol. The summed E-state index contributed by atoms with van der Waals surface area (Å²) in [7, 11) is 0. The number of nitrogens with zero attached hydrogens (tertiary/aromatic N) is 2. The summed E-state index contributed by atoms with van der Waals surface area (Å²) in [5.41, 5.74) is 6.06. The third-order valence-electron chi connectivity index (χ3n) is 2.26.